The third kappa shape index (κ3) is 2.22. The Morgan fingerprint density at radius 2 is 2.24 bits per heavy atom. The zero-order valence-electron chi connectivity index (χ0n) is 12.9. The summed E-state index contributed by atoms with van der Waals surface area (Å²) in [4.78, 5) is 12.0. The van der Waals surface area contributed by atoms with Crippen molar-refractivity contribution < 1.29 is 6.15 Å². The van der Waals surface area contributed by atoms with E-state index in [4.69, 9.17) is 6.15 Å². The summed E-state index contributed by atoms with van der Waals surface area (Å²) in [5.41, 5.74) is 2.04. The lowest BCUT2D eigenvalue weighted by atomic mass is 10.2. The second-order valence-electron chi connectivity index (χ2n) is 4.64. The van der Waals surface area contributed by atoms with Gasteiger partial charge in [0.25, 0.3) is 0 Å². The molecule has 110 valence electrons. The van der Waals surface area contributed by atoms with Crippen molar-refractivity contribution in [2.45, 2.75) is 13.5 Å². The third-order valence-corrected chi connectivity index (χ3v) is 3.35. The van der Waals surface area contributed by atoms with Crippen LogP contribution in [0.2, 0.25) is 1.41 Å². The molecule has 9 nitrogen and oxygen atoms in total. The van der Waals surface area contributed by atoms with Crippen LogP contribution in [0.25, 0.3) is 5.69 Å². The molecule has 3 aromatic rings. The maximum Gasteiger partial charge on any atom is 0.368 e. The summed E-state index contributed by atoms with van der Waals surface area (Å²) in [6, 6.07) is 1.60. The van der Waals surface area contributed by atoms with Gasteiger partial charge in [0, 0.05) is 43.8 Å². The van der Waals surface area contributed by atoms with Gasteiger partial charge >= 0.3 is 5.69 Å². The fourth-order valence-electron chi connectivity index (χ4n) is 2.03. The third-order valence-electron chi connectivity index (χ3n) is 3.35. The molecular weight excluding hydrogens is 274 g/mol. The average molecular weight is 291 g/mol. The van der Waals surface area contributed by atoms with Crippen LogP contribution in [-0.4, -0.2) is 34.5 Å². The number of aromatic amines is 1. The average Bonchev–Trinajstić information content (AvgIpc) is 3.11. The van der Waals surface area contributed by atoms with E-state index in [0.717, 1.165) is 21.0 Å². The summed E-state index contributed by atoms with van der Waals surface area (Å²) in [5.74, 6) is 0.343. The normalized spacial score (nSPS) is 11.7. The minimum Gasteiger partial charge on any atom is -0.472 e. The highest BCUT2D eigenvalue weighted by molar-refractivity contribution is 5.42. The van der Waals surface area contributed by atoms with Crippen LogP contribution >= 0.6 is 0 Å². The van der Waals surface area contributed by atoms with Gasteiger partial charge in [-0.25, -0.2) is 4.79 Å². The molecule has 0 fully saturated rings. The van der Waals surface area contributed by atoms with Crippen LogP contribution < -0.4 is 10.4 Å². The van der Waals surface area contributed by atoms with Gasteiger partial charge in [-0.15, -0.1) is 5.10 Å². The van der Waals surface area contributed by atoms with E-state index in [-0.39, 0.29) is 12.3 Å². The molecule has 0 unspecified atom stereocenters. The molecule has 0 amide bonds. The van der Waals surface area contributed by atoms with Crippen molar-refractivity contribution in [1.82, 2.24) is 34.5 Å². The van der Waals surface area contributed by atoms with Gasteiger partial charge in [-0.1, -0.05) is 0 Å². The summed E-state index contributed by atoms with van der Waals surface area (Å²) < 4.78 is 17.2. The highest BCUT2D eigenvalue weighted by atomic mass is 16.5. The Hall–Kier alpha value is -2.84. The van der Waals surface area contributed by atoms with E-state index in [1.54, 1.807) is 19.3 Å². The molecule has 0 aromatic carbocycles. The second-order valence-corrected chi connectivity index (χ2v) is 4.64. The van der Waals surface area contributed by atoms with Crippen molar-refractivity contribution in [2.75, 3.05) is 0 Å². The molecule has 0 saturated heterocycles. The first-order valence-corrected chi connectivity index (χ1v) is 6.29. The lowest BCUT2D eigenvalue weighted by molar-refractivity contribution is 0.292. The van der Waals surface area contributed by atoms with Gasteiger partial charge in [0.2, 0.25) is 5.88 Å². The number of tetrazole rings is 1. The molecule has 0 radical (unpaired) electrons. The minimum atomic E-state index is -0.331. The van der Waals surface area contributed by atoms with Crippen molar-refractivity contribution in [3.63, 3.8) is 0 Å². The lowest BCUT2D eigenvalue weighted by Crippen LogP contribution is -2.22. The first-order valence-electron chi connectivity index (χ1n) is 6.74. The number of H-pyrrole nitrogens is 1. The van der Waals surface area contributed by atoms with E-state index in [2.05, 4.69) is 15.5 Å². The zero-order valence-corrected chi connectivity index (χ0v) is 11.9. The summed E-state index contributed by atoms with van der Waals surface area (Å²) in [6.07, 6.45) is 3.27. The van der Waals surface area contributed by atoms with Gasteiger partial charge in [0.05, 0.1) is 5.69 Å². The van der Waals surface area contributed by atoms with Crippen LogP contribution in [0, 0.1) is 6.92 Å². The van der Waals surface area contributed by atoms with Crippen LogP contribution in [0.15, 0.2) is 23.3 Å². The smallest absolute Gasteiger partial charge is 0.368 e. The van der Waals surface area contributed by atoms with Crippen molar-refractivity contribution in [3.05, 3.63) is 40.2 Å². The summed E-state index contributed by atoms with van der Waals surface area (Å²) in [5, 5.41) is 12.3. The number of ether oxygens (including phenoxy) is 1. The molecule has 0 aliphatic rings. The standard InChI is InChI=1S/C12H15N7O2/c1-8-9(7-21-11-4-5-13-14-11)10(6-17(8)2)19-12(20)18(3)15-16-19/h4-6H,7H2,1-3H3,(H,13,14)/i/hT. The maximum atomic E-state index is 12.0. The zero-order chi connectivity index (χ0) is 15.9. The first kappa shape index (κ1) is 11.9. The number of rotatable bonds is 4. The van der Waals surface area contributed by atoms with Gasteiger partial charge in [-0.3, -0.25) is 5.09 Å². The molecule has 0 atom stereocenters. The number of nitrogens with one attached hydrogen (secondary N) is 1. The number of hydrogen-bond donors (Lipinski definition) is 1. The van der Waals surface area contributed by atoms with Crippen molar-refractivity contribution in [2.24, 2.45) is 14.1 Å². The number of aryl methyl sites for hydroxylation is 2. The summed E-state index contributed by atoms with van der Waals surface area (Å²) in [6.45, 7) is 2.13. The van der Waals surface area contributed by atoms with E-state index in [0.29, 0.717) is 11.6 Å². The van der Waals surface area contributed by atoms with Crippen LogP contribution in [0.1, 0.15) is 11.3 Å². The second kappa shape index (κ2) is 4.93. The van der Waals surface area contributed by atoms with Crippen molar-refractivity contribution >= 4 is 0 Å². The lowest BCUT2D eigenvalue weighted by Gasteiger charge is -2.05. The molecule has 3 heterocycles. The molecule has 1 N–H and O–H groups in total. The number of hydrogen-bond acceptors (Lipinski definition) is 5. The van der Waals surface area contributed by atoms with Crippen LogP contribution in [0.4, 0.5) is 0 Å². The molecule has 21 heavy (non-hydrogen) atoms. The Labute approximate surface area is 121 Å². The monoisotopic (exact) mass is 291 g/mol. The van der Waals surface area contributed by atoms with Gasteiger partial charge in [0.1, 0.15) is 6.61 Å². The van der Waals surface area contributed by atoms with E-state index < -0.39 is 0 Å². The van der Waals surface area contributed by atoms with E-state index in [9.17, 15) is 4.79 Å². The molecule has 9 heteroatoms. The number of nitrogens with zero attached hydrogens (tertiary/aromatic N) is 6. The highest BCUT2D eigenvalue weighted by Gasteiger charge is 2.17. The molecule has 0 spiro atoms. The van der Waals surface area contributed by atoms with E-state index in [1.165, 1.54) is 10.9 Å². The van der Waals surface area contributed by atoms with Crippen molar-refractivity contribution in [1.29, 1.82) is 0 Å². The fraction of sp³-hybridized carbons (Fsp3) is 0.333. The Morgan fingerprint density at radius 1 is 1.43 bits per heavy atom. The quantitative estimate of drug-likeness (QED) is 0.725. The summed E-state index contributed by atoms with van der Waals surface area (Å²) in [7, 11) is 3.42. The SMILES string of the molecule is [3H]n1ccc(OCc2c(-n3nnn(C)c3=O)cn(C)c2C)n1. The highest BCUT2D eigenvalue weighted by Crippen LogP contribution is 2.20. The Balaban J connectivity index is 1.96. The largest absolute Gasteiger partial charge is 0.472 e. The Bertz CT molecular complexity index is 873. The molecular formula is C12H15N7O2. The van der Waals surface area contributed by atoms with Crippen molar-refractivity contribution in [3.8, 4) is 11.6 Å². The van der Waals surface area contributed by atoms with Gasteiger partial charge < -0.3 is 9.30 Å². The molecule has 0 aliphatic heterocycles. The van der Waals surface area contributed by atoms with Crippen LogP contribution in [-0.2, 0) is 20.7 Å². The maximum absolute atomic E-state index is 12.0. The molecule has 3 rings (SSSR count). The Morgan fingerprint density at radius 3 is 2.86 bits per heavy atom. The van der Waals surface area contributed by atoms with Gasteiger partial charge in [0.15, 0.2) is 1.41 Å². The molecule has 0 bridgehead atoms. The minimum absolute atomic E-state index is 0.210. The number of aromatic nitrogens is 7. The predicted octanol–water partition coefficient (Wildman–Crippen LogP) is -0.0850. The van der Waals surface area contributed by atoms with Crippen LogP contribution in [0.5, 0.6) is 5.88 Å². The van der Waals surface area contributed by atoms with Crippen LogP contribution in [0.3, 0.4) is 0 Å². The van der Waals surface area contributed by atoms with Gasteiger partial charge in [-0.05, 0) is 17.4 Å². The molecule has 0 saturated carbocycles. The van der Waals surface area contributed by atoms with E-state index in [1.807, 2.05) is 18.5 Å². The van der Waals surface area contributed by atoms with Gasteiger partial charge in [-0.2, -0.15) is 9.36 Å². The Kier molecular flexibility index (Phi) is 2.80. The predicted molar refractivity (Wildman–Crippen MR) is 73.2 cm³/mol. The summed E-state index contributed by atoms with van der Waals surface area (Å²) >= 11 is 0. The fourth-order valence-corrected chi connectivity index (χ4v) is 2.03. The molecule has 3 aromatic heterocycles. The topological polar surface area (TPSA) is 95.5 Å². The molecule has 0 aliphatic carbocycles. The first-order chi connectivity index (χ1) is 10.5. The van der Waals surface area contributed by atoms with E-state index >= 15 is 0 Å².